The molecule has 0 spiro atoms. The van der Waals surface area contributed by atoms with Crippen molar-refractivity contribution in [3.8, 4) is 5.69 Å². The summed E-state index contributed by atoms with van der Waals surface area (Å²) < 4.78 is 2.61. The molecule has 0 aliphatic carbocycles. The van der Waals surface area contributed by atoms with Crippen molar-refractivity contribution in [3.05, 3.63) is 45.1 Å². The Morgan fingerprint density at radius 1 is 1.14 bits per heavy atom. The van der Waals surface area contributed by atoms with E-state index in [9.17, 15) is 0 Å². The maximum absolute atomic E-state index is 5.87. The van der Waals surface area contributed by atoms with Gasteiger partial charge in [0, 0.05) is 16.2 Å². The molecule has 0 radical (unpaired) electrons. The SMILES string of the molecule is Clc1cc(Cl)cc(-n2cc(Br)cn2)c1. The van der Waals surface area contributed by atoms with Gasteiger partial charge >= 0.3 is 0 Å². The molecule has 1 heterocycles. The molecular weight excluding hydrogens is 287 g/mol. The summed E-state index contributed by atoms with van der Waals surface area (Å²) in [5.41, 5.74) is 0.841. The zero-order valence-corrected chi connectivity index (χ0v) is 10.0. The molecule has 1 aromatic heterocycles. The predicted molar refractivity (Wildman–Crippen MR) is 61.3 cm³/mol. The van der Waals surface area contributed by atoms with Crippen molar-refractivity contribution in [1.82, 2.24) is 9.78 Å². The van der Waals surface area contributed by atoms with Crippen LogP contribution < -0.4 is 0 Å². The maximum atomic E-state index is 5.87. The standard InChI is InChI=1S/C9H5BrCl2N2/c10-6-4-13-14(5-6)9-2-7(11)1-8(12)3-9/h1-5H. The van der Waals surface area contributed by atoms with Crippen molar-refractivity contribution in [1.29, 1.82) is 0 Å². The maximum Gasteiger partial charge on any atom is 0.0675 e. The molecule has 0 atom stereocenters. The van der Waals surface area contributed by atoms with Crippen LogP contribution in [0.1, 0.15) is 0 Å². The monoisotopic (exact) mass is 290 g/mol. The molecule has 2 rings (SSSR count). The molecule has 0 unspecified atom stereocenters. The first kappa shape index (κ1) is 10.0. The second-order valence-corrected chi connectivity index (χ2v) is 4.52. The van der Waals surface area contributed by atoms with E-state index in [1.165, 1.54) is 0 Å². The highest BCUT2D eigenvalue weighted by atomic mass is 79.9. The van der Waals surface area contributed by atoms with Gasteiger partial charge in [-0.3, -0.25) is 0 Å². The van der Waals surface area contributed by atoms with Gasteiger partial charge in [-0.2, -0.15) is 5.10 Å². The van der Waals surface area contributed by atoms with E-state index in [1.54, 1.807) is 29.1 Å². The second kappa shape index (κ2) is 3.93. The van der Waals surface area contributed by atoms with E-state index in [4.69, 9.17) is 23.2 Å². The molecule has 0 fully saturated rings. The van der Waals surface area contributed by atoms with Gasteiger partial charge < -0.3 is 0 Å². The number of nitrogens with zero attached hydrogens (tertiary/aromatic N) is 2. The third-order valence-electron chi connectivity index (χ3n) is 1.66. The summed E-state index contributed by atoms with van der Waals surface area (Å²) in [6.45, 7) is 0. The highest BCUT2D eigenvalue weighted by molar-refractivity contribution is 9.10. The third kappa shape index (κ3) is 2.11. The summed E-state index contributed by atoms with van der Waals surface area (Å²) >= 11 is 15.1. The van der Waals surface area contributed by atoms with Crippen LogP contribution in [-0.2, 0) is 0 Å². The van der Waals surface area contributed by atoms with Gasteiger partial charge in [0.25, 0.3) is 0 Å². The molecular formula is C9H5BrCl2N2. The third-order valence-corrected chi connectivity index (χ3v) is 2.51. The first-order valence-electron chi connectivity index (χ1n) is 3.82. The van der Waals surface area contributed by atoms with Gasteiger partial charge in [0.15, 0.2) is 0 Å². The highest BCUT2D eigenvalue weighted by Gasteiger charge is 2.01. The Hall–Kier alpha value is -0.510. The Kier molecular flexibility index (Phi) is 2.81. The van der Waals surface area contributed by atoms with Crippen LogP contribution >= 0.6 is 39.1 Å². The normalized spacial score (nSPS) is 10.5. The molecule has 0 bridgehead atoms. The van der Waals surface area contributed by atoms with Crippen LogP contribution in [0.25, 0.3) is 5.69 Å². The largest absolute Gasteiger partial charge is 0.240 e. The minimum Gasteiger partial charge on any atom is -0.240 e. The summed E-state index contributed by atoms with van der Waals surface area (Å²) in [6, 6.07) is 5.28. The smallest absolute Gasteiger partial charge is 0.0675 e. The summed E-state index contributed by atoms with van der Waals surface area (Å²) in [5.74, 6) is 0. The molecule has 5 heteroatoms. The van der Waals surface area contributed by atoms with Crippen LogP contribution in [0.4, 0.5) is 0 Å². The van der Waals surface area contributed by atoms with Crippen molar-refractivity contribution in [2.75, 3.05) is 0 Å². The fourth-order valence-corrected chi connectivity index (χ4v) is 1.91. The Morgan fingerprint density at radius 3 is 2.29 bits per heavy atom. The highest BCUT2D eigenvalue weighted by Crippen LogP contribution is 2.22. The lowest BCUT2D eigenvalue weighted by molar-refractivity contribution is 0.880. The van der Waals surface area contributed by atoms with Crippen molar-refractivity contribution < 1.29 is 0 Å². The summed E-state index contributed by atoms with van der Waals surface area (Å²) in [6.07, 6.45) is 3.54. The minimum absolute atomic E-state index is 0.596. The van der Waals surface area contributed by atoms with E-state index in [2.05, 4.69) is 21.0 Å². The topological polar surface area (TPSA) is 17.8 Å². The van der Waals surface area contributed by atoms with Gasteiger partial charge in [0.2, 0.25) is 0 Å². The van der Waals surface area contributed by atoms with Crippen molar-refractivity contribution in [2.24, 2.45) is 0 Å². The quantitative estimate of drug-likeness (QED) is 0.778. The number of aromatic nitrogens is 2. The fraction of sp³-hybridized carbons (Fsp3) is 0. The van der Waals surface area contributed by atoms with Crippen LogP contribution in [0.2, 0.25) is 10.0 Å². The van der Waals surface area contributed by atoms with E-state index >= 15 is 0 Å². The van der Waals surface area contributed by atoms with Crippen LogP contribution in [-0.4, -0.2) is 9.78 Å². The van der Waals surface area contributed by atoms with Crippen molar-refractivity contribution in [3.63, 3.8) is 0 Å². The average Bonchev–Trinajstić information content (AvgIpc) is 2.50. The zero-order valence-electron chi connectivity index (χ0n) is 6.92. The van der Waals surface area contributed by atoms with Gasteiger partial charge in [-0.15, -0.1) is 0 Å². The van der Waals surface area contributed by atoms with Crippen LogP contribution in [0.5, 0.6) is 0 Å². The Bertz CT molecular complexity index is 447. The number of rotatable bonds is 1. The van der Waals surface area contributed by atoms with Gasteiger partial charge in [0.05, 0.1) is 16.4 Å². The fourth-order valence-electron chi connectivity index (χ4n) is 1.11. The Balaban J connectivity index is 2.51. The molecule has 0 aliphatic rings. The Labute approximate surface area is 99.6 Å². The van der Waals surface area contributed by atoms with E-state index in [0.717, 1.165) is 10.2 Å². The van der Waals surface area contributed by atoms with E-state index in [0.29, 0.717) is 10.0 Å². The van der Waals surface area contributed by atoms with Gasteiger partial charge in [-0.05, 0) is 34.1 Å². The molecule has 0 N–H and O–H groups in total. The van der Waals surface area contributed by atoms with Crippen LogP contribution in [0, 0.1) is 0 Å². The summed E-state index contributed by atoms with van der Waals surface area (Å²) in [5, 5.41) is 5.31. The molecule has 14 heavy (non-hydrogen) atoms. The van der Waals surface area contributed by atoms with Crippen LogP contribution in [0.15, 0.2) is 35.1 Å². The first-order chi connectivity index (χ1) is 6.65. The molecule has 0 saturated carbocycles. The molecule has 2 nitrogen and oxygen atoms in total. The summed E-state index contributed by atoms with van der Waals surface area (Å²) in [4.78, 5) is 0. The lowest BCUT2D eigenvalue weighted by Gasteiger charge is -2.02. The lowest BCUT2D eigenvalue weighted by Crippen LogP contribution is -1.93. The predicted octanol–water partition coefficient (Wildman–Crippen LogP) is 3.94. The van der Waals surface area contributed by atoms with E-state index in [-0.39, 0.29) is 0 Å². The molecule has 0 saturated heterocycles. The first-order valence-corrected chi connectivity index (χ1v) is 5.37. The zero-order chi connectivity index (χ0) is 10.1. The van der Waals surface area contributed by atoms with E-state index in [1.807, 2.05) is 6.20 Å². The molecule has 72 valence electrons. The molecule has 2 aromatic rings. The Morgan fingerprint density at radius 2 is 1.79 bits per heavy atom. The molecule has 0 amide bonds. The van der Waals surface area contributed by atoms with Crippen molar-refractivity contribution >= 4 is 39.1 Å². The number of benzene rings is 1. The van der Waals surface area contributed by atoms with Gasteiger partial charge in [-0.1, -0.05) is 23.2 Å². The average molecular weight is 292 g/mol. The number of halogens is 3. The van der Waals surface area contributed by atoms with Crippen molar-refractivity contribution in [2.45, 2.75) is 0 Å². The summed E-state index contributed by atoms with van der Waals surface area (Å²) in [7, 11) is 0. The van der Waals surface area contributed by atoms with E-state index < -0.39 is 0 Å². The molecule has 1 aromatic carbocycles. The van der Waals surface area contributed by atoms with Crippen LogP contribution in [0.3, 0.4) is 0 Å². The lowest BCUT2D eigenvalue weighted by atomic mass is 10.3. The number of hydrogen-bond donors (Lipinski definition) is 0. The minimum atomic E-state index is 0.596. The second-order valence-electron chi connectivity index (χ2n) is 2.73. The van der Waals surface area contributed by atoms with Gasteiger partial charge in [-0.25, -0.2) is 4.68 Å². The number of hydrogen-bond acceptors (Lipinski definition) is 1. The molecule has 0 aliphatic heterocycles. The van der Waals surface area contributed by atoms with Gasteiger partial charge in [0.1, 0.15) is 0 Å².